The molecule has 0 bridgehead atoms. The van der Waals surface area contributed by atoms with Gasteiger partial charge in [-0.15, -0.1) is 0 Å². The summed E-state index contributed by atoms with van der Waals surface area (Å²) < 4.78 is 7.48. The van der Waals surface area contributed by atoms with E-state index in [2.05, 4.69) is 18.9 Å². The van der Waals surface area contributed by atoms with E-state index in [1.165, 1.54) is 11.9 Å². The van der Waals surface area contributed by atoms with Crippen molar-refractivity contribution >= 4 is 18.0 Å². The maximum absolute atomic E-state index is 12.4. The normalized spacial score (nSPS) is 20.4. The summed E-state index contributed by atoms with van der Waals surface area (Å²) in [6.07, 6.45) is 6.68. The van der Waals surface area contributed by atoms with E-state index in [4.69, 9.17) is 9.88 Å². The Labute approximate surface area is 149 Å². The highest BCUT2D eigenvalue weighted by Crippen LogP contribution is 2.36. The molecule has 1 aliphatic heterocycles. The first-order valence-electron chi connectivity index (χ1n) is 8.50. The lowest BCUT2D eigenvalue weighted by Crippen LogP contribution is -2.45. The van der Waals surface area contributed by atoms with Crippen molar-refractivity contribution < 1.29 is 9.53 Å². The first-order chi connectivity index (χ1) is 11.1. The summed E-state index contributed by atoms with van der Waals surface area (Å²) in [6, 6.07) is 0. The third kappa shape index (κ3) is 5.14. The van der Waals surface area contributed by atoms with Gasteiger partial charge in [-0.05, 0) is 71.7 Å². The Hall–Kier alpha value is -1.21. The lowest BCUT2D eigenvalue weighted by molar-refractivity contribution is 0.0131. The molecule has 1 atom stereocenters. The summed E-state index contributed by atoms with van der Waals surface area (Å²) in [5.74, 6) is 0.506. The highest BCUT2D eigenvalue weighted by atomic mass is 32.2. The van der Waals surface area contributed by atoms with Crippen molar-refractivity contribution in [1.29, 1.82) is 0 Å². The molecule has 2 heterocycles. The van der Waals surface area contributed by atoms with Crippen LogP contribution in [-0.4, -0.2) is 38.5 Å². The van der Waals surface area contributed by atoms with Gasteiger partial charge in [0.2, 0.25) is 0 Å². The second-order valence-electron chi connectivity index (χ2n) is 8.17. The number of carbonyl (C=O) groups excluding carboxylic acids is 1. The molecule has 24 heavy (non-hydrogen) atoms. The van der Waals surface area contributed by atoms with Gasteiger partial charge in [0.1, 0.15) is 5.60 Å². The first-order valence-corrected chi connectivity index (χ1v) is 9.38. The number of nitrogens with two attached hydrogens (primary N) is 1. The summed E-state index contributed by atoms with van der Waals surface area (Å²) in [5, 5.41) is 9.82. The molecule has 0 saturated carbocycles. The van der Waals surface area contributed by atoms with Gasteiger partial charge in [0.05, 0.1) is 11.1 Å². The van der Waals surface area contributed by atoms with E-state index in [0.717, 1.165) is 37.2 Å². The number of carbonyl (C=O) groups is 1. The monoisotopic (exact) mass is 354 g/mol. The topological polar surface area (TPSA) is 73.4 Å². The molecule has 1 fully saturated rings. The second kappa shape index (κ2) is 7.35. The van der Waals surface area contributed by atoms with Crippen molar-refractivity contribution in [2.45, 2.75) is 76.5 Å². The molecule has 1 saturated heterocycles. The number of ether oxygens (including phenoxy) is 1. The van der Waals surface area contributed by atoms with Crippen molar-refractivity contribution in [3.8, 4) is 0 Å². The molecule has 136 valence electrons. The predicted molar refractivity (Wildman–Crippen MR) is 96.6 cm³/mol. The fourth-order valence-electron chi connectivity index (χ4n) is 3.29. The van der Waals surface area contributed by atoms with Crippen molar-refractivity contribution in [2.75, 3.05) is 6.54 Å². The average Bonchev–Trinajstić information content (AvgIpc) is 3.01. The molecule has 1 aromatic heterocycles. The van der Waals surface area contributed by atoms with E-state index in [1.54, 1.807) is 6.20 Å². The first kappa shape index (κ1) is 19.1. The molecule has 1 aromatic rings. The summed E-state index contributed by atoms with van der Waals surface area (Å²) in [4.78, 5) is 15.3. The van der Waals surface area contributed by atoms with Crippen LogP contribution < -0.4 is 5.14 Å². The SMILES string of the molecule is CC(C)(C)OC(=O)N1CC(CCCn2cc(SN)cn2)CC1(C)C. The Morgan fingerprint density at radius 2 is 2.21 bits per heavy atom. The van der Waals surface area contributed by atoms with Crippen LogP contribution in [0.2, 0.25) is 0 Å². The van der Waals surface area contributed by atoms with Crippen LogP contribution in [0.5, 0.6) is 0 Å². The maximum Gasteiger partial charge on any atom is 0.410 e. The molecule has 0 aromatic carbocycles. The van der Waals surface area contributed by atoms with Crippen molar-refractivity contribution in [3.63, 3.8) is 0 Å². The minimum absolute atomic E-state index is 0.151. The van der Waals surface area contributed by atoms with Gasteiger partial charge in [-0.25, -0.2) is 4.79 Å². The van der Waals surface area contributed by atoms with E-state index >= 15 is 0 Å². The third-order valence-electron chi connectivity index (χ3n) is 4.32. The minimum Gasteiger partial charge on any atom is -0.444 e. The van der Waals surface area contributed by atoms with Crippen molar-refractivity contribution in [1.82, 2.24) is 14.7 Å². The van der Waals surface area contributed by atoms with Crippen LogP contribution in [-0.2, 0) is 11.3 Å². The lowest BCUT2D eigenvalue weighted by Gasteiger charge is -2.33. The molecule has 7 heteroatoms. The molecule has 0 aliphatic carbocycles. The number of aryl methyl sites for hydroxylation is 1. The van der Waals surface area contributed by atoms with E-state index in [9.17, 15) is 4.79 Å². The highest BCUT2D eigenvalue weighted by molar-refractivity contribution is 7.97. The average molecular weight is 355 g/mol. The number of hydrogen-bond acceptors (Lipinski definition) is 5. The number of likely N-dealkylation sites (tertiary alicyclic amines) is 1. The van der Waals surface area contributed by atoms with Crippen molar-refractivity contribution in [3.05, 3.63) is 12.4 Å². The van der Waals surface area contributed by atoms with Gasteiger partial charge in [-0.2, -0.15) is 5.10 Å². The zero-order chi connectivity index (χ0) is 18.0. The molecular weight excluding hydrogens is 324 g/mol. The molecule has 1 unspecified atom stereocenters. The van der Waals surface area contributed by atoms with Crippen LogP contribution in [0, 0.1) is 5.92 Å². The van der Waals surface area contributed by atoms with E-state index in [0.29, 0.717) is 5.92 Å². The molecule has 0 spiro atoms. The molecule has 0 radical (unpaired) electrons. The summed E-state index contributed by atoms with van der Waals surface area (Å²) >= 11 is 1.21. The van der Waals surface area contributed by atoms with E-state index in [1.807, 2.05) is 36.5 Å². The second-order valence-corrected chi connectivity index (χ2v) is 8.88. The standard InChI is InChI=1S/C17H30N4O2S/c1-16(2,3)23-15(22)21-11-13(9-17(21,4)5)7-6-8-20-12-14(24-18)10-19-20/h10,12-13H,6-9,11,18H2,1-5H3. The number of amides is 1. The molecule has 1 amide bonds. The Kier molecular flexibility index (Phi) is 5.86. The summed E-state index contributed by atoms with van der Waals surface area (Å²) in [5.41, 5.74) is -0.605. The molecule has 6 nitrogen and oxygen atoms in total. The molecule has 2 N–H and O–H groups in total. The van der Waals surface area contributed by atoms with E-state index < -0.39 is 5.60 Å². The largest absolute Gasteiger partial charge is 0.444 e. The number of rotatable bonds is 5. The molecule has 2 rings (SSSR count). The van der Waals surface area contributed by atoms with Gasteiger partial charge in [0.25, 0.3) is 0 Å². The van der Waals surface area contributed by atoms with Gasteiger partial charge in [0, 0.05) is 24.8 Å². The summed E-state index contributed by atoms with van der Waals surface area (Å²) in [6.45, 7) is 11.6. The van der Waals surface area contributed by atoms with Gasteiger partial charge in [-0.1, -0.05) is 0 Å². The van der Waals surface area contributed by atoms with Gasteiger partial charge < -0.3 is 9.64 Å². The molecule has 1 aliphatic rings. The highest BCUT2D eigenvalue weighted by Gasteiger charge is 2.42. The summed E-state index contributed by atoms with van der Waals surface area (Å²) in [7, 11) is 0. The van der Waals surface area contributed by atoms with E-state index in [-0.39, 0.29) is 11.6 Å². The van der Waals surface area contributed by atoms with Crippen LogP contribution in [0.3, 0.4) is 0 Å². The molecular formula is C17H30N4O2S. The predicted octanol–water partition coefficient (Wildman–Crippen LogP) is 3.66. The number of aromatic nitrogens is 2. The lowest BCUT2D eigenvalue weighted by atomic mass is 9.93. The minimum atomic E-state index is -0.454. The van der Waals surface area contributed by atoms with Gasteiger partial charge in [-0.3, -0.25) is 9.82 Å². The van der Waals surface area contributed by atoms with Gasteiger partial charge in [0.15, 0.2) is 0 Å². The Bertz CT molecular complexity index is 565. The maximum atomic E-state index is 12.4. The quantitative estimate of drug-likeness (QED) is 0.817. The van der Waals surface area contributed by atoms with Crippen LogP contribution in [0.25, 0.3) is 0 Å². The fraction of sp³-hybridized carbons (Fsp3) is 0.765. The Morgan fingerprint density at radius 1 is 1.50 bits per heavy atom. The van der Waals surface area contributed by atoms with Crippen LogP contribution >= 0.6 is 11.9 Å². The number of hydrogen-bond donors (Lipinski definition) is 1. The smallest absolute Gasteiger partial charge is 0.410 e. The zero-order valence-electron chi connectivity index (χ0n) is 15.4. The van der Waals surface area contributed by atoms with Crippen LogP contribution in [0.4, 0.5) is 4.79 Å². The van der Waals surface area contributed by atoms with Crippen LogP contribution in [0.15, 0.2) is 17.3 Å². The van der Waals surface area contributed by atoms with Gasteiger partial charge >= 0.3 is 6.09 Å². The fourth-order valence-corrected chi connectivity index (χ4v) is 3.58. The third-order valence-corrected chi connectivity index (χ3v) is 4.80. The van der Waals surface area contributed by atoms with Crippen LogP contribution in [0.1, 0.15) is 53.9 Å². The Balaban J connectivity index is 1.84. The van der Waals surface area contributed by atoms with Crippen molar-refractivity contribution in [2.24, 2.45) is 11.1 Å². The Morgan fingerprint density at radius 3 is 2.79 bits per heavy atom. The zero-order valence-corrected chi connectivity index (χ0v) is 16.2. The number of nitrogens with zero attached hydrogens (tertiary/aromatic N) is 3.